The van der Waals surface area contributed by atoms with Crippen molar-refractivity contribution in [1.29, 1.82) is 0 Å². The predicted molar refractivity (Wildman–Crippen MR) is 65.2 cm³/mol. The third-order valence-electron chi connectivity index (χ3n) is 2.29. The highest BCUT2D eigenvalue weighted by Gasteiger charge is 2.12. The van der Waals surface area contributed by atoms with Crippen LogP contribution in [0.3, 0.4) is 0 Å². The van der Waals surface area contributed by atoms with E-state index in [0.717, 1.165) is 5.75 Å². The lowest BCUT2D eigenvalue weighted by Gasteiger charge is -2.24. The molecule has 0 amide bonds. The van der Waals surface area contributed by atoms with Crippen molar-refractivity contribution in [2.75, 3.05) is 24.0 Å². The molecule has 0 radical (unpaired) electrons. The van der Waals surface area contributed by atoms with Gasteiger partial charge >= 0.3 is 5.97 Å². The quantitative estimate of drug-likeness (QED) is 0.839. The molecule has 88 valence electrons. The molecule has 0 spiro atoms. The second-order valence-corrected chi connectivity index (χ2v) is 4.39. The van der Waals surface area contributed by atoms with Crippen LogP contribution in [0.5, 0.6) is 0 Å². The number of carboxylic acids is 1. The predicted octanol–water partition coefficient (Wildman–Crippen LogP) is 1.36. The van der Waals surface area contributed by atoms with Crippen molar-refractivity contribution in [3.05, 3.63) is 18.1 Å². The van der Waals surface area contributed by atoms with Gasteiger partial charge in [0.1, 0.15) is 5.82 Å². The molecular weight excluding hydrogens is 226 g/mol. The summed E-state index contributed by atoms with van der Waals surface area (Å²) in [7, 11) is 1.92. The first-order valence-electron chi connectivity index (χ1n) is 4.83. The van der Waals surface area contributed by atoms with Crippen LogP contribution in [-0.4, -0.2) is 46.1 Å². The summed E-state index contributed by atoms with van der Waals surface area (Å²) >= 11 is 1.76. The number of thioether (sulfide) groups is 1. The first kappa shape index (κ1) is 12.8. The Morgan fingerprint density at radius 1 is 1.56 bits per heavy atom. The van der Waals surface area contributed by atoms with E-state index in [1.165, 1.54) is 12.4 Å². The van der Waals surface area contributed by atoms with Gasteiger partial charge < -0.3 is 10.0 Å². The van der Waals surface area contributed by atoms with E-state index in [9.17, 15) is 4.79 Å². The molecule has 1 N–H and O–H groups in total. The standard InChI is InChI=1S/C10H15N3O2S/c1-7(6-16-3)13(2)9-5-11-8(4-12-9)10(14)15/h4-5,7H,6H2,1-3H3,(H,14,15). The summed E-state index contributed by atoms with van der Waals surface area (Å²) in [4.78, 5) is 20.5. The highest BCUT2D eigenvalue weighted by molar-refractivity contribution is 7.98. The lowest BCUT2D eigenvalue weighted by molar-refractivity contribution is 0.0690. The highest BCUT2D eigenvalue weighted by Crippen LogP contribution is 2.12. The number of aromatic nitrogens is 2. The van der Waals surface area contributed by atoms with Gasteiger partial charge in [-0.05, 0) is 13.2 Å². The number of hydrogen-bond acceptors (Lipinski definition) is 5. The van der Waals surface area contributed by atoms with Gasteiger partial charge in [-0.1, -0.05) is 0 Å². The molecule has 1 unspecified atom stereocenters. The van der Waals surface area contributed by atoms with E-state index in [1.54, 1.807) is 11.8 Å². The van der Waals surface area contributed by atoms with Gasteiger partial charge in [-0.3, -0.25) is 0 Å². The third kappa shape index (κ3) is 3.10. The molecular formula is C10H15N3O2S. The minimum Gasteiger partial charge on any atom is -0.476 e. The number of anilines is 1. The van der Waals surface area contributed by atoms with Crippen LogP contribution in [0, 0.1) is 0 Å². The van der Waals surface area contributed by atoms with Crippen molar-refractivity contribution in [2.24, 2.45) is 0 Å². The van der Waals surface area contributed by atoms with Gasteiger partial charge in [0, 0.05) is 18.8 Å². The molecule has 0 bridgehead atoms. The van der Waals surface area contributed by atoms with Crippen molar-refractivity contribution in [1.82, 2.24) is 9.97 Å². The first-order valence-corrected chi connectivity index (χ1v) is 6.22. The van der Waals surface area contributed by atoms with E-state index in [2.05, 4.69) is 16.9 Å². The van der Waals surface area contributed by atoms with Crippen LogP contribution in [0.1, 0.15) is 17.4 Å². The summed E-state index contributed by atoms with van der Waals surface area (Å²) < 4.78 is 0. The maximum Gasteiger partial charge on any atom is 0.356 e. The minimum atomic E-state index is -1.06. The van der Waals surface area contributed by atoms with Crippen molar-refractivity contribution >= 4 is 23.5 Å². The number of aromatic carboxylic acids is 1. The zero-order valence-corrected chi connectivity index (χ0v) is 10.4. The minimum absolute atomic E-state index is 0.0327. The van der Waals surface area contributed by atoms with Crippen LogP contribution in [0.4, 0.5) is 5.82 Å². The first-order chi connectivity index (χ1) is 7.56. The summed E-state index contributed by atoms with van der Waals surface area (Å²) in [6.07, 6.45) is 4.81. The molecule has 0 aliphatic rings. The van der Waals surface area contributed by atoms with Crippen LogP contribution in [-0.2, 0) is 0 Å². The number of carboxylic acid groups (broad SMARTS) is 1. The summed E-state index contributed by atoms with van der Waals surface area (Å²) in [6.45, 7) is 2.09. The summed E-state index contributed by atoms with van der Waals surface area (Å²) in [6, 6.07) is 0.333. The number of nitrogens with zero attached hydrogens (tertiary/aromatic N) is 3. The lowest BCUT2D eigenvalue weighted by atomic mass is 10.3. The van der Waals surface area contributed by atoms with Crippen LogP contribution in [0.15, 0.2) is 12.4 Å². The molecule has 1 aromatic rings. The maximum atomic E-state index is 10.6. The van der Waals surface area contributed by atoms with Gasteiger partial charge in [0.25, 0.3) is 0 Å². The van der Waals surface area contributed by atoms with Crippen molar-refractivity contribution in [2.45, 2.75) is 13.0 Å². The summed E-state index contributed by atoms with van der Waals surface area (Å²) in [5.41, 5.74) is -0.0327. The Morgan fingerprint density at radius 3 is 2.69 bits per heavy atom. The SMILES string of the molecule is CSCC(C)N(C)c1cnc(C(=O)O)cn1. The number of rotatable bonds is 5. The fourth-order valence-corrected chi connectivity index (χ4v) is 1.90. The monoisotopic (exact) mass is 241 g/mol. The Morgan fingerprint density at radius 2 is 2.25 bits per heavy atom. The second kappa shape index (κ2) is 5.69. The Balaban J connectivity index is 2.77. The zero-order valence-electron chi connectivity index (χ0n) is 9.54. The Labute approximate surface area is 98.9 Å². The second-order valence-electron chi connectivity index (χ2n) is 3.48. The van der Waals surface area contributed by atoms with Crippen LogP contribution in [0.25, 0.3) is 0 Å². The fourth-order valence-electron chi connectivity index (χ4n) is 1.19. The molecule has 6 heteroatoms. The van der Waals surface area contributed by atoms with Gasteiger partial charge in [0.15, 0.2) is 5.69 Å². The molecule has 5 nitrogen and oxygen atoms in total. The molecule has 0 aliphatic heterocycles. The zero-order chi connectivity index (χ0) is 12.1. The largest absolute Gasteiger partial charge is 0.476 e. The van der Waals surface area contributed by atoms with E-state index in [0.29, 0.717) is 11.9 Å². The normalized spacial score (nSPS) is 12.2. The molecule has 1 rings (SSSR count). The van der Waals surface area contributed by atoms with Crippen LogP contribution >= 0.6 is 11.8 Å². The molecule has 16 heavy (non-hydrogen) atoms. The van der Waals surface area contributed by atoms with Gasteiger partial charge in [0.2, 0.25) is 0 Å². The number of hydrogen-bond donors (Lipinski definition) is 1. The summed E-state index contributed by atoms with van der Waals surface area (Å²) in [5.74, 6) is 0.615. The van der Waals surface area contributed by atoms with Crippen molar-refractivity contribution < 1.29 is 9.90 Å². The highest BCUT2D eigenvalue weighted by atomic mass is 32.2. The van der Waals surface area contributed by atoms with Gasteiger partial charge in [-0.15, -0.1) is 0 Å². The van der Waals surface area contributed by atoms with E-state index in [-0.39, 0.29) is 5.69 Å². The topological polar surface area (TPSA) is 66.3 Å². The van der Waals surface area contributed by atoms with Gasteiger partial charge in [-0.25, -0.2) is 14.8 Å². The van der Waals surface area contributed by atoms with E-state index in [1.807, 2.05) is 18.2 Å². The Kier molecular flexibility index (Phi) is 4.54. The van der Waals surface area contributed by atoms with Gasteiger partial charge in [-0.2, -0.15) is 11.8 Å². The molecule has 0 fully saturated rings. The summed E-state index contributed by atoms with van der Waals surface area (Å²) in [5, 5.41) is 8.69. The maximum absolute atomic E-state index is 10.6. The Hall–Kier alpha value is -1.30. The Bertz CT molecular complexity index is 356. The molecule has 0 aliphatic carbocycles. The van der Waals surface area contributed by atoms with Gasteiger partial charge in [0.05, 0.1) is 12.4 Å². The molecule has 1 heterocycles. The van der Waals surface area contributed by atoms with Crippen molar-refractivity contribution in [3.63, 3.8) is 0 Å². The molecule has 1 aromatic heterocycles. The lowest BCUT2D eigenvalue weighted by Crippen LogP contribution is -2.31. The molecule has 0 saturated carbocycles. The molecule has 1 atom stereocenters. The van der Waals surface area contributed by atoms with E-state index in [4.69, 9.17) is 5.11 Å². The third-order valence-corrected chi connectivity index (χ3v) is 3.10. The fraction of sp³-hybridized carbons (Fsp3) is 0.500. The number of carbonyl (C=O) groups is 1. The van der Waals surface area contributed by atoms with Crippen LogP contribution < -0.4 is 4.90 Å². The average Bonchev–Trinajstić information content (AvgIpc) is 2.28. The molecule has 0 saturated heterocycles. The average molecular weight is 241 g/mol. The van der Waals surface area contributed by atoms with Crippen LogP contribution in [0.2, 0.25) is 0 Å². The van der Waals surface area contributed by atoms with Crippen molar-refractivity contribution in [3.8, 4) is 0 Å². The smallest absolute Gasteiger partial charge is 0.356 e. The molecule has 0 aromatic carbocycles. The van der Waals surface area contributed by atoms with E-state index >= 15 is 0 Å². The van der Waals surface area contributed by atoms with E-state index < -0.39 is 5.97 Å².